The Morgan fingerprint density at radius 1 is 1.59 bits per heavy atom. The molecule has 0 fully saturated rings. The molecule has 0 bridgehead atoms. The van der Waals surface area contributed by atoms with Crippen molar-refractivity contribution in [3.8, 4) is 12.3 Å². The van der Waals surface area contributed by atoms with Crippen LogP contribution >= 0.6 is 11.8 Å². The van der Waals surface area contributed by atoms with Gasteiger partial charge in [-0.3, -0.25) is 4.79 Å². The van der Waals surface area contributed by atoms with Crippen LogP contribution in [0.1, 0.15) is 13.3 Å². The fourth-order valence-corrected chi connectivity index (χ4v) is 2.06. The van der Waals surface area contributed by atoms with Gasteiger partial charge in [0.15, 0.2) is 0 Å². The monoisotopic (exact) mass is 248 g/mol. The van der Waals surface area contributed by atoms with Gasteiger partial charge in [-0.1, -0.05) is 19.1 Å². The highest BCUT2D eigenvalue weighted by atomic mass is 32.2. The Morgan fingerprint density at radius 3 is 2.94 bits per heavy atom. The fourth-order valence-electron chi connectivity index (χ4n) is 1.30. The first kappa shape index (κ1) is 13.6. The number of rotatable bonds is 5. The SMILES string of the molecule is C#CCC(N)C(=O)Nc1ccccc1SCC. The summed E-state index contributed by atoms with van der Waals surface area (Å²) in [7, 11) is 0. The number of carbonyl (C=O) groups excluding carboxylic acids is 1. The Hall–Kier alpha value is -1.44. The molecule has 1 aromatic carbocycles. The van der Waals surface area contributed by atoms with Crippen LogP contribution in [0.5, 0.6) is 0 Å². The van der Waals surface area contributed by atoms with Crippen LogP contribution in [0.2, 0.25) is 0 Å². The predicted molar refractivity (Wildman–Crippen MR) is 72.9 cm³/mol. The average Bonchev–Trinajstić information content (AvgIpc) is 2.32. The van der Waals surface area contributed by atoms with Crippen LogP contribution in [0.25, 0.3) is 0 Å². The third kappa shape index (κ3) is 4.14. The van der Waals surface area contributed by atoms with Gasteiger partial charge in [0.2, 0.25) is 5.91 Å². The lowest BCUT2D eigenvalue weighted by Gasteiger charge is -2.12. The Balaban J connectivity index is 2.74. The molecule has 0 saturated carbocycles. The van der Waals surface area contributed by atoms with Crippen LogP contribution in [-0.2, 0) is 4.79 Å². The lowest BCUT2D eigenvalue weighted by molar-refractivity contribution is -0.117. The summed E-state index contributed by atoms with van der Waals surface area (Å²) in [6, 6.07) is 6.99. The molecule has 0 saturated heterocycles. The minimum absolute atomic E-state index is 0.243. The van der Waals surface area contributed by atoms with Crippen molar-refractivity contribution in [1.29, 1.82) is 0 Å². The maximum absolute atomic E-state index is 11.7. The average molecular weight is 248 g/mol. The molecule has 90 valence electrons. The zero-order valence-corrected chi connectivity index (χ0v) is 10.6. The second kappa shape index (κ2) is 7.00. The number of hydrogen-bond donors (Lipinski definition) is 2. The molecule has 0 spiro atoms. The normalized spacial score (nSPS) is 11.6. The quantitative estimate of drug-likeness (QED) is 0.619. The zero-order valence-electron chi connectivity index (χ0n) is 9.77. The molecule has 1 amide bonds. The Morgan fingerprint density at radius 2 is 2.29 bits per heavy atom. The molecule has 3 N–H and O–H groups in total. The lowest BCUT2D eigenvalue weighted by atomic mass is 10.2. The van der Waals surface area contributed by atoms with Crippen molar-refractivity contribution in [3.63, 3.8) is 0 Å². The van der Waals surface area contributed by atoms with E-state index in [4.69, 9.17) is 12.2 Å². The number of para-hydroxylation sites is 1. The number of amides is 1. The fraction of sp³-hybridized carbons (Fsp3) is 0.308. The van der Waals surface area contributed by atoms with Crippen molar-refractivity contribution < 1.29 is 4.79 Å². The van der Waals surface area contributed by atoms with Crippen molar-refractivity contribution in [2.45, 2.75) is 24.3 Å². The third-order valence-corrected chi connectivity index (χ3v) is 3.07. The van der Waals surface area contributed by atoms with Gasteiger partial charge >= 0.3 is 0 Å². The number of nitrogens with one attached hydrogen (secondary N) is 1. The molecular formula is C13H16N2OS. The Labute approximate surface area is 106 Å². The summed E-state index contributed by atoms with van der Waals surface area (Å²) >= 11 is 1.67. The highest BCUT2D eigenvalue weighted by Gasteiger charge is 2.13. The van der Waals surface area contributed by atoms with E-state index in [-0.39, 0.29) is 12.3 Å². The van der Waals surface area contributed by atoms with Gasteiger partial charge in [-0.15, -0.1) is 24.1 Å². The standard InChI is InChI=1S/C13H16N2OS/c1-3-7-10(14)13(16)15-11-8-5-6-9-12(11)17-4-2/h1,5-6,8-10H,4,7,14H2,2H3,(H,15,16). The summed E-state index contributed by atoms with van der Waals surface area (Å²) in [5, 5.41) is 2.80. The summed E-state index contributed by atoms with van der Waals surface area (Å²) in [4.78, 5) is 12.8. The van der Waals surface area contributed by atoms with E-state index in [1.54, 1.807) is 11.8 Å². The van der Waals surface area contributed by atoms with Gasteiger partial charge in [0, 0.05) is 11.3 Å². The van der Waals surface area contributed by atoms with Crippen LogP contribution in [0.15, 0.2) is 29.2 Å². The first-order valence-electron chi connectivity index (χ1n) is 5.40. The molecule has 0 aliphatic carbocycles. The van der Waals surface area contributed by atoms with Gasteiger partial charge in [-0.05, 0) is 17.9 Å². The first-order valence-corrected chi connectivity index (χ1v) is 6.39. The summed E-state index contributed by atoms with van der Waals surface area (Å²) in [6.45, 7) is 2.06. The van der Waals surface area contributed by atoms with Gasteiger partial charge in [0.05, 0.1) is 11.7 Å². The maximum Gasteiger partial charge on any atom is 0.242 e. The highest BCUT2D eigenvalue weighted by molar-refractivity contribution is 7.99. The molecule has 1 rings (SSSR count). The van der Waals surface area contributed by atoms with E-state index in [2.05, 4.69) is 18.2 Å². The molecule has 3 nitrogen and oxygen atoms in total. The van der Waals surface area contributed by atoms with E-state index >= 15 is 0 Å². The number of nitrogens with two attached hydrogens (primary N) is 1. The Bertz CT molecular complexity index is 426. The summed E-state index contributed by atoms with van der Waals surface area (Å²) in [5.41, 5.74) is 6.43. The number of thioether (sulfide) groups is 1. The largest absolute Gasteiger partial charge is 0.324 e. The molecule has 0 aliphatic rings. The first-order chi connectivity index (χ1) is 8.19. The molecule has 1 aromatic rings. The highest BCUT2D eigenvalue weighted by Crippen LogP contribution is 2.26. The molecule has 0 radical (unpaired) electrons. The van der Waals surface area contributed by atoms with Crippen molar-refractivity contribution >= 4 is 23.4 Å². The summed E-state index contributed by atoms with van der Waals surface area (Å²) in [5.74, 6) is 3.09. The lowest BCUT2D eigenvalue weighted by Crippen LogP contribution is -2.35. The van der Waals surface area contributed by atoms with Gasteiger partial charge < -0.3 is 11.1 Å². The Kier molecular flexibility index (Phi) is 5.61. The van der Waals surface area contributed by atoms with Crippen molar-refractivity contribution in [1.82, 2.24) is 0 Å². The number of benzene rings is 1. The number of anilines is 1. The summed E-state index contributed by atoms with van der Waals surface area (Å²) < 4.78 is 0. The van der Waals surface area contributed by atoms with Crippen LogP contribution in [-0.4, -0.2) is 17.7 Å². The van der Waals surface area contributed by atoms with Crippen LogP contribution < -0.4 is 11.1 Å². The van der Waals surface area contributed by atoms with Crippen LogP contribution in [0.4, 0.5) is 5.69 Å². The van der Waals surface area contributed by atoms with Gasteiger partial charge in [0.1, 0.15) is 0 Å². The van der Waals surface area contributed by atoms with E-state index in [0.29, 0.717) is 0 Å². The van der Waals surface area contributed by atoms with Gasteiger partial charge in [0.25, 0.3) is 0 Å². The van der Waals surface area contributed by atoms with E-state index in [0.717, 1.165) is 16.3 Å². The molecule has 0 heterocycles. The number of hydrogen-bond acceptors (Lipinski definition) is 3. The summed E-state index contributed by atoms with van der Waals surface area (Å²) in [6.07, 6.45) is 5.37. The van der Waals surface area contributed by atoms with E-state index in [9.17, 15) is 4.79 Å². The number of terminal acetylenes is 1. The minimum atomic E-state index is -0.653. The second-order valence-electron chi connectivity index (χ2n) is 3.43. The maximum atomic E-state index is 11.7. The predicted octanol–water partition coefficient (Wildman–Crippen LogP) is 2.09. The van der Waals surface area contributed by atoms with E-state index < -0.39 is 6.04 Å². The molecular weight excluding hydrogens is 232 g/mol. The number of carbonyl (C=O) groups is 1. The van der Waals surface area contributed by atoms with E-state index in [1.165, 1.54) is 0 Å². The molecule has 0 aromatic heterocycles. The molecule has 17 heavy (non-hydrogen) atoms. The molecule has 1 atom stereocenters. The van der Waals surface area contributed by atoms with Crippen molar-refractivity contribution in [3.05, 3.63) is 24.3 Å². The van der Waals surface area contributed by atoms with Crippen molar-refractivity contribution in [2.24, 2.45) is 5.73 Å². The zero-order chi connectivity index (χ0) is 12.7. The molecule has 0 aliphatic heterocycles. The third-order valence-electron chi connectivity index (χ3n) is 2.12. The minimum Gasteiger partial charge on any atom is -0.324 e. The van der Waals surface area contributed by atoms with Crippen LogP contribution in [0, 0.1) is 12.3 Å². The topological polar surface area (TPSA) is 55.1 Å². The molecule has 1 unspecified atom stereocenters. The van der Waals surface area contributed by atoms with Gasteiger partial charge in [-0.25, -0.2) is 0 Å². The van der Waals surface area contributed by atoms with Crippen molar-refractivity contribution in [2.75, 3.05) is 11.1 Å². The van der Waals surface area contributed by atoms with Crippen LogP contribution in [0.3, 0.4) is 0 Å². The molecule has 4 heteroatoms. The van der Waals surface area contributed by atoms with Gasteiger partial charge in [-0.2, -0.15) is 0 Å². The smallest absolute Gasteiger partial charge is 0.242 e. The second-order valence-corrected chi connectivity index (χ2v) is 4.74. The van der Waals surface area contributed by atoms with E-state index in [1.807, 2.05) is 24.3 Å².